The molecule has 0 aromatic rings. The first kappa shape index (κ1) is 9.47. The van der Waals surface area contributed by atoms with Gasteiger partial charge in [0.05, 0.1) is 5.60 Å². The van der Waals surface area contributed by atoms with Crippen molar-refractivity contribution in [2.45, 2.75) is 50.5 Å². The molecule has 0 spiro atoms. The average molecular weight is 183 g/mol. The molecule has 0 amide bonds. The summed E-state index contributed by atoms with van der Waals surface area (Å²) in [6.45, 7) is 0.475. The summed E-state index contributed by atoms with van der Waals surface area (Å²) < 4.78 is 0. The first-order valence-electron chi connectivity index (χ1n) is 5.70. The van der Waals surface area contributed by atoms with Crippen LogP contribution < -0.4 is 5.73 Å². The first-order chi connectivity index (χ1) is 6.27. The number of rotatable bonds is 1. The molecule has 2 unspecified atom stereocenters. The SMILES string of the molecule is NCC1(O)C2CCCCC1CCC2. The van der Waals surface area contributed by atoms with Gasteiger partial charge in [0.2, 0.25) is 0 Å². The number of nitrogens with two attached hydrogens (primary N) is 1. The lowest BCUT2D eigenvalue weighted by atomic mass is 9.67. The Morgan fingerprint density at radius 1 is 1.00 bits per heavy atom. The Bertz CT molecular complexity index is 167. The van der Waals surface area contributed by atoms with Gasteiger partial charge in [0.25, 0.3) is 0 Å². The summed E-state index contributed by atoms with van der Waals surface area (Å²) in [4.78, 5) is 0. The van der Waals surface area contributed by atoms with E-state index in [1.54, 1.807) is 0 Å². The van der Waals surface area contributed by atoms with Gasteiger partial charge in [0, 0.05) is 6.54 Å². The fourth-order valence-corrected chi connectivity index (χ4v) is 3.35. The molecule has 2 bridgehead atoms. The molecular weight excluding hydrogens is 162 g/mol. The van der Waals surface area contributed by atoms with Gasteiger partial charge in [0.1, 0.15) is 0 Å². The van der Waals surface area contributed by atoms with E-state index in [0.29, 0.717) is 18.4 Å². The molecule has 0 radical (unpaired) electrons. The van der Waals surface area contributed by atoms with Crippen LogP contribution in [0.3, 0.4) is 0 Å². The van der Waals surface area contributed by atoms with Crippen molar-refractivity contribution in [1.82, 2.24) is 0 Å². The maximum Gasteiger partial charge on any atom is 0.0825 e. The van der Waals surface area contributed by atoms with E-state index in [0.717, 1.165) is 0 Å². The predicted octanol–water partition coefficient (Wildman–Crippen LogP) is 1.67. The highest BCUT2D eigenvalue weighted by Gasteiger charge is 2.45. The van der Waals surface area contributed by atoms with Gasteiger partial charge >= 0.3 is 0 Å². The van der Waals surface area contributed by atoms with Crippen LogP contribution in [0.1, 0.15) is 44.9 Å². The van der Waals surface area contributed by atoms with E-state index in [2.05, 4.69) is 0 Å². The van der Waals surface area contributed by atoms with E-state index in [1.165, 1.54) is 44.9 Å². The van der Waals surface area contributed by atoms with Gasteiger partial charge in [-0.2, -0.15) is 0 Å². The number of fused-ring (bicyclic) bond motifs is 2. The van der Waals surface area contributed by atoms with Crippen molar-refractivity contribution in [2.75, 3.05) is 6.54 Å². The number of hydrogen-bond acceptors (Lipinski definition) is 2. The third-order valence-corrected chi connectivity index (χ3v) is 4.20. The van der Waals surface area contributed by atoms with Crippen LogP contribution in [-0.2, 0) is 0 Å². The molecule has 2 fully saturated rings. The van der Waals surface area contributed by atoms with E-state index in [4.69, 9.17) is 5.73 Å². The minimum Gasteiger partial charge on any atom is -0.388 e. The second kappa shape index (κ2) is 3.58. The average Bonchev–Trinajstić information content (AvgIpc) is 2.28. The van der Waals surface area contributed by atoms with Crippen molar-refractivity contribution in [3.05, 3.63) is 0 Å². The monoisotopic (exact) mass is 183 g/mol. The van der Waals surface area contributed by atoms with Crippen LogP contribution in [0.15, 0.2) is 0 Å². The Morgan fingerprint density at radius 2 is 1.46 bits per heavy atom. The van der Waals surface area contributed by atoms with Crippen LogP contribution >= 0.6 is 0 Å². The summed E-state index contributed by atoms with van der Waals surface area (Å²) in [5.74, 6) is 0.998. The highest BCUT2D eigenvalue weighted by Crippen LogP contribution is 2.45. The van der Waals surface area contributed by atoms with Crippen LogP contribution in [0, 0.1) is 11.8 Å². The van der Waals surface area contributed by atoms with Crippen molar-refractivity contribution in [3.63, 3.8) is 0 Å². The van der Waals surface area contributed by atoms with E-state index >= 15 is 0 Å². The Hall–Kier alpha value is -0.0800. The minimum absolute atomic E-state index is 0.475. The van der Waals surface area contributed by atoms with Crippen molar-refractivity contribution >= 4 is 0 Å². The van der Waals surface area contributed by atoms with Crippen LogP contribution in [0.4, 0.5) is 0 Å². The molecule has 2 heteroatoms. The molecular formula is C11H21NO. The van der Waals surface area contributed by atoms with Crippen LogP contribution in [-0.4, -0.2) is 17.3 Å². The largest absolute Gasteiger partial charge is 0.388 e. The van der Waals surface area contributed by atoms with Crippen molar-refractivity contribution in [1.29, 1.82) is 0 Å². The summed E-state index contributed by atoms with van der Waals surface area (Å²) in [6.07, 6.45) is 8.69. The predicted molar refractivity (Wildman–Crippen MR) is 53.3 cm³/mol. The zero-order valence-electron chi connectivity index (χ0n) is 8.34. The lowest BCUT2D eigenvalue weighted by molar-refractivity contribution is -0.0844. The first-order valence-corrected chi connectivity index (χ1v) is 5.70. The molecule has 2 atom stereocenters. The summed E-state index contributed by atoms with van der Waals surface area (Å²) in [5, 5.41) is 10.5. The summed E-state index contributed by atoms with van der Waals surface area (Å²) in [7, 11) is 0. The fourth-order valence-electron chi connectivity index (χ4n) is 3.35. The fraction of sp³-hybridized carbons (Fsp3) is 1.00. The summed E-state index contributed by atoms with van der Waals surface area (Å²) in [6, 6.07) is 0. The van der Waals surface area contributed by atoms with Gasteiger partial charge in [-0.25, -0.2) is 0 Å². The Kier molecular flexibility index (Phi) is 2.61. The topological polar surface area (TPSA) is 46.2 Å². The third kappa shape index (κ3) is 1.50. The molecule has 0 heterocycles. The van der Waals surface area contributed by atoms with Crippen molar-refractivity contribution in [2.24, 2.45) is 17.6 Å². The van der Waals surface area contributed by atoms with Crippen molar-refractivity contribution in [3.8, 4) is 0 Å². The molecule has 2 aliphatic rings. The van der Waals surface area contributed by atoms with Crippen LogP contribution in [0.5, 0.6) is 0 Å². The van der Waals surface area contributed by atoms with Crippen LogP contribution in [0.25, 0.3) is 0 Å². The van der Waals surface area contributed by atoms with E-state index in [9.17, 15) is 5.11 Å². The second-order valence-corrected chi connectivity index (χ2v) is 4.80. The normalized spacial score (nSPS) is 45.7. The highest BCUT2D eigenvalue weighted by molar-refractivity contribution is 4.98. The van der Waals surface area contributed by atoms with Gasteiger partial charge in [0.15, 0.2) is 0 Å². The molecule has 0 aromatic heterocycles. The molecule has 2 aliphatic carbocycles. The molecule has 2 nitrogen and oxygen atoms in total. The highest BCUT2D eigenvalue weighted by atomic mass is 16.3. The van der Waals surface area contributed by atoms with E-state index in [-0.39, 0.29) is 0 Å². The van der Waals surface area contributed by atoms with Crippen molar-refractivity contribution < 1.29 is 5.11 Å². The van der Waals surface area contributed by atoms with Crippen LogP contribution in [0.2, 0.25) is 0 Å². The lowest BCUT2D eigenvalue weighted by Crippen LogP contribution is -2.52. The zero-order valence-corrected chi connectivity index (χ0v) is 8.34. The molecule has 2 saturated carbocycles. The molecule has 0 aromatic carbocycles. The lowest BCUT2D eigenvalue weighted by Gasteiger charge is -2.44. The third-order valence-electron chi connectivity index (χ3n) is 4.20. The second-order valence-electron chi connectivity index (χ2n) is 4.80. The molecule has 3 N–H and O–H groups in total. The Balaban J connectivity index is 2.20. The van der Waals surface area contributed by atoms with E-state index < -0.39 is 5.60 Å². The summed E-state index contributed by atoms with van der Waals surface area (Å²) >= 11 is 0. The number of aliphatic hydroxyl groups is 1. The van der Waals surface area contributed by atoms with Gasteiger partial charge in [-0.05, 0) is 37.5 Å². The molecule has 0 aliphatic heterocycles. The maximum absolute atomic E-state index is 10.5. The minimum atomic E-state index is -0.505. The quantitative estimate of drug-likeness (QED) is 0.649. The molecule has 2 rings (SSSR count). The smallest absolute Gasteiger partial charge is 0.0825 e. The van der Waals surface area contributed by atoms with Gasteiger partial charge in [-0.15, -0.1) is 0 Å². The molecule has 76 valence electrons. The standard InChI is InChI=1S/C11H21NO/c12-8-11(13)9-4-1-2-5-10(11)7-3-6-9/h9-10,13H,1-8,12H2. The van der Waals surface area contributed by atoms with Gasteiger partial charge < -0.3 is 10.8 Å². The maximum atomic E-state index is 10.5. The van der Waals surface area contributed by atoms with Gasteiger partial charge in [-0.1, -0.05) is 19.3 Å². The Morgan fingerprint density at radius 3 is 1.92 bits per heavy atom. The summed E-state index contributed by atoms with van der Waals surface area (Å²) in [5.41, 5.74) is 5.24. The zero-order chi connectivity index (χ0) is 9.31. The number of hydrogen-bond donors (Lipinski definition) is 2. The Labute approximate surface area is 80.5 Å². The molecule has 13 heavy (non-hydrogen) atoms. The molecule has 0 saturated heterocycles. The van der Waals surface area contributed by atoms with Gasteiger partial charge in [-0.3, -0.25) is 0 Å². The van der Waals surface area contributed by atoms with E-state index in [1.807, 2.05) is 0 Å².